The van der Waals surface area contributed by atoms with Gasteiger partial charge in [-0.1, -0.05) is 24.3 Å². The van der Waals surface area contributed by atoms with Gasteiger partial charge < -0.3 is 14.8 Å². The van der Waals surface area contributed by atoms with Crippen LogP contribution in [-0.4, -0.2) is 32.8 Å². The van der Waals surface area contributed by atoms with Crippen LogP contribution in [0.25, 0.3) is 11.1 Å². The van der Waals surface area contributed by atoms with E-state index < -0.39 is 27.6 Å². The zero-order valence-corrected chi connectivity index (χ0v) is 20.6. The minimum atomic E-state index is -3.74. The summed E-state index contributed by atoms with van der Waals surface area (Å²) < 4.78 is 60.6. The molecule has 0 spiro atoms. The summed E-state index contributed by atoms with van der Waals surface area (Å²) in [4.78, 5) is 25.6. The lowest BCUT2D eigenvalue weighted by Gasteiger charge is -2.17. The summed E-state index contributed by atoms with van der Waals surface area (Å²) in [6, 6.07) is 16.2. The number of hydrogen-bond acceptors (Lipinski definition) is 6. The van der Waals surface area contributed by atoms with Crippen molar-refractivity contribution in [2.45, 2.75) is 31.5 Å². The summed E-state index contributed by atoms with van der Waals surface area (Å²) in [5, 5.41) is 2.92. The first-order chi connectivity index (χ1) is 17.4. The summed E-state index contributed by atoms with van der Waals surface area (Å²) in [5.41, 5.74) is 2.63. The van der Waals surface area contributed by atoms with Gasteiger partial charge in [-0.3, -0.25) is 9.59 Å². The second-order valence-corrected chi connectivity index (χ2v) is 10.9. The average Bonchev–Trinajstić information content (AvgIpc) is 3.56. The Labute approximate surface area is 211 Å². The van der Waals surface area contributed by atoms with Gasteiger partial charge in [-0.2, -0.15) is 0 Å². The minimum absolute atomic E-state index is 0.0828. The van der Waals surface area contributed by atoms with Crippen LogP contribution in [0.2, 0.25) is 0 Å². The van der Waals surface area contributed by atoms with Gasteiger partial charge in [-0.25, -0.2) is 13.1 Å². The maximum absolute atomic E-state index is 13.4. The van der Waals surface area contributed by atoms with Crippen LogP contribution in [-0.2, 0) is 20.2 Å². The molecule has 0 saturated heterocycles. The number of ether oxygens (including phenoxy) is 2. The molecule has 192 valence electrons. The Hall–Kier alpha value is -3.99. The van der Waals surface area contributed by atoms with Gasteiger partial charge in [-0.05, 0) is 78.4 Å². The zero-order valence-electron chi connectivity index (χ0n) is 19.8. The highest BCUT2D eigenvalue weighted by atomic mass is 32.2. The van der Waals surface area contributed by atoms with Crippen LogP contribution in [0.4, 0.5) is 14.5 Å². The topological polar surface area (TPSA) is 111 Å². The molecule has 2 amide bonds. The van der Waals surface area contributed by atoms with E-state index in [2.05, 4.69) is 14.8 Å². The Bertz CT molecular complexity index is 1550. The summed E-state index contributed by atoms with van der Waals surface area (Å²) in [6.45, 7) is 1.87. The molecule has 1 heterocycles. The Morgan fingerprint density at radius 3 is 2.38 bits per heavy atom. The van der Waals surface area contributed by atoms with Crippen molar-refractivity contribution in [1.29, 1.82) is 0 Å². The van der Waals surface area contributed by atoms with Crippen molar-refractivity contribution < 1.29 is 36.3 Å². The number of anilines is 1. The van der Waals surface area contributed by atoms with Gasteiger partial charge in [0.05, 0.1) is 11.7 Å². The van der Waals surface area contributed by atoms with Crippen LogP contribution in [0.3, 0.4) is 0 Å². The number of alkyl halides is 2. The van der Waals surface area contributed by atoms with Crippen molar-refractivity contribution in [2.24, 2.45) is 0 Å². The molecule has 0 atom stereocenters. The molecule has 0 radical (unpaired) electrons. The lowest BCUT2D eigenvalue weighted by Crippen LogP contribution is -2.29. The SMILES string of the molecule is Cc1ccc(NC(=O)C2(c3ccc4c(c3)OC(F)(F)O4)CC2)cc1-c1cccc(C(=O)NS(C)(=O)=O)c1. The molecular formula is C26H22F2N2O6S. The molecule has 8 nitrogen and oxygen atoms in total. The lowest BCUT2D eigenvalue weighted by molar-refractivity contribution is -0.286. The van der Waals surface area contributed by atoms with Crippen molar-refractivity contribution in [3.8, 4) is 22.6 Å². The third-order valence-corrected chi connectivity index (χ3v) is 6.90. The van der Waals surface area contributed by atoms with Crippen molar-refractivity contribution >= 4 is 27.5 Å². The van der Waals surface area contributed by atoms with E-state index in [1.54, 1.807) is 36.4 Å². The fourth-order valence-corrected chi connectivity index (χ4v) is 4.79. The Kier molecular flexibility index (Phi) is 5.70. The molecular weight excluding hydrogens is 506 g/mol. The van der Waals surface area contributed by atoms with Gasteiger partial charge >= 0.3 is 6.29 Å². The number of fused-ring (bicyclic) bond motifs is 1. The van der Waals surface area contributed by atoms with Crippen LogP contribution in [0, 0.1) is 6.92 Å². The zero-order chi connectivity index (χ0) is 26.6. The third kappa shape index (κ3) is 4.99. The number of rotatable bonds is 6. The van der Waals surface area contributed by atoms with E-state index in [9.17, 15) is 26.8 Å². The van der Waals surface area contributed by atoms with Gasteiger partial charge in [-0.15, -0.1) is 8.78 Å². The predicted molar refractivity (Wildman–Crippen MR) is 131 cm³/mol. The molecule has 11 heteroatoms. The average molecular weight is 529 g/mol. The summed E-state index contributed by atoms with van der Waals surface area (Å²) in [7, 11) is -3.72. The quantitative estimate of drug-likeness (QED) is 0.493. The number of benzene rings is 3. The second-order valence-electron chi connectivity index (χ2n) is 9.18. The van der Waals surface area contributed by atoms with Crippen molar-refractivity contribution in [3.63, 3.8) is 0 Å². The molecule has 1 aliphatic heterocycles. The van der Waals surface area contributed by atoms with Crippen molar-refractivity contribution in [1.82, 2.24) is 4.72 Å². The molecule has 0 unspecified atom stereocenters. The molecule has 3 aromatic carbocycles. The third-order valence-electron chi connectivity index (χ3n) is 6.35. The van der Waals surface area contributed by atoms with E-state index >= 15 is 0 Å². The molecule has 0 bridgehead atoms. The minimum Gasteiger partial charge on any atom is -0.395 e. The van der Waals surface area contributed by atoms with E-state index in [0.29, 0.717) is 29.7 Å². The second kappa shape index (κ2) is 8.55. The molecule has 3 aromatic rings. The van der Waals surface area contributed by atoms with Crippen LogP contribution in [0.5, 0.6) is 11.5 Å². The maximum Gasteiger partial charge on any atom is 0.586 e. The van der Waals surface area contributed by atoms with Gasteiger partial charge in [0.25, 0.3) is 5.91 Å². The van der Waals surface area contributed by atoms with E-state index in [4.69, 9.17) is 0 Å². The summed E-state index contributed by atoms with van der Waals surface area (Å²) >= 11 is 0. The molecule has 0 aromatic heterocycles. The van der Waals surface area contributed by atoms with Crippen molar-refractivity contribution in [3.05, 3.63) is 77.4 Å². The van der Waals surface area contributed by atoms with E-state index in [0.717, 1.165) is 17.4 Å². The number of carbonyl (C=O) groups is 2. The highest BCUT2D eigenvalue weighted by Gasteiger charge is 2.52. The fourth-order valence-electron chi connectivity index (χ4n) is 4.34. The molecule has 2 N–H and O–H groups in total. The smallest absolute Gasteiger partial charge is 0.395 e. The molecule has 1 saturated carbocycles. The number of hydrogen-bond donors (Lipinski definition) is 2. The Morgan fingerprint density at radius 2 is 1.68 bits per heavy atom. The van der Waals surface area contributed by atoms with Gasteiger partial charge in [0.2, 0.25) is 15.9 Å². The van der Waals surface area contributed by atoms with E-state index in [-0.39, 0.29) is 23.0 Å². The van der Waals surface area contributed by atoms with E-state index in [1.165, 1.54) is 18.2 Å². The van der Waals surface area contributed by atoms with Crippen LogP contribution < -0.4 is 19.5 Å². The number of carbonyl (C=O) groups excluding carboxylic acids is 2. The predicted octanol–water partition coefficient (Wildman–Crippen LogP) is 4.34. The molecule has 37 heavy (non-hydrogen) atoms. The standard InChI is InChI=1S/C26H22F2N2O6S/c1-15-6-8-19(14-20(15)16-4-3-5-17(12-16)23(31)30-37(2,33)34)29-24(32)25(10-11-25)18-7-9-21-22(13-18)36-26(27,28)35-21/h3-9,12-14H,10-11H2,1-2H3,(H,29,32)(H,30,31). The molecule has 1 aliphatic carbocycles. The first kappa shape index (κ1) is 24.7. The number of nitrogens with one attached hydrogen (secondary N) is 2. The van der Waals surface area contributed by atoms with Crippen LogP contribution >= 0.6 is 0 Å². The van der Waals surface area contributed by atoms with Gasteiger partial charge in [0.1, 0.15) is 0 Å². The first-order valence-corrected chi connectivity index (χ1v) is 13.2. The Balaban J connectivity index is 1.38. The monoisotopic (exact) mass is 528 g/mol. The normalized spacial score (nSPS) is 16.6. The largest absolute Gasteiger partial charge is 0.586 e. The lowest BCUT2D eigenvalue weighted by atomic mass is 9.94. The van der Waals surface area contributed by atoms with E-state index in [1.807, 2.05) is 17.7 Å². The molecule has 2 aliphatic rings. The number of aryl methyl sites for hydroxylation is 1. The maximum atomic E-state index is 13.4. The highest BCUT2D eigenvalue weighted by Crippen LogP contribution is 2.52. The Morgan fingerprint density at radius 1 is 0.946 bits per heavy atom. The number of sulfonamides is 1. The summed E-state index contributed by atoms with van der Waals surface area (Å²) in [6.07, 6.45) is -1.74. The fraction of sp³-hybridized carbons (Fsp3) is 0.231. The number of halogens is 2. The van der Waals surface area contributed by atoms with Crippen LogP contribution in [0.15, 0.2) is 60.7 Å². The van der Waals surface area contributed by atoms with Crippen LogP contribution in [0.1, 0.15) is 34.3 Å². The first-order valence-electron chi connectivity index (χ1n) is 11.3. The highest BCUT2D eigenvalue weighted by molar-refractivity contribution is 7.89. The van der Waals surface area contributed by atoms with Gasteiger partial charge in [0.15, 0.2) is 11.5 Å². The molecule has 5 rings (SSSR count). The summed E-state index contributed by atoms with van der Waals surface area (Å²) in [5.74, 6) is -1.22. The number of amides is 2. The van der Waals surface area contributed by atoms with Crippen molar-refractivity contribution in [2.75, 3.05) is 11.6 Å². The van der Waals surface area contributed by atoms with Gasteiger partial charge in [0, 0.05) is 11.3 Å². The molecule has 1 fully saturated rings.